The van der Waals surface area contributed by atoms with Crippen LogP contribution in [0, 0.1) is 23.3 Å². The number of rotatable bonds is 5. The third kappa shape index (κ3) is 3.91. The van der Waals surface area contributed by atoms with Crippen LogP contribution in [-0.2, 0) is 6.54 Å². The second-order valence-electron chi connectivity index (χ2n) is 5.56. The number of methoxy groups -OCH3 is 1. The molecule has 1 amide bonds. The van der Waals surface area contributed by atoms with Crippen LogP contribution in [0.15, 0.2) is 42.7 Å². The maximum atomic E-state index is 13.7. The molecule has 0 atom stereocenters. The van der Waals surface area contributed by atoms with E-state index in [9.17, 15) is 22.4 Å². The molecule has 0 unspecified atom stereocenters. The Kier molecular flexibility index (Phi) is 5.11. The Hall–Kier alpha value is -3.36. The Morgan fingerprint density at radius 1 is 1.11 bits per heavy atom. The SMILES string of the molecule is COc1ccc(C(=O)Nc2cnn(Cc3c(F)cc(F)c(F)c3F)c2)cc1. The second-order valence-corrected chi connectivity index (χ2v) is 5.56. The molecular weight excluding hydrogens is 366 g/mol. The third-order valence-corrected chi connectivity index (χ3v) is 3.77. The molecule has 0 aliphatic heterocycles. The number of hydrogen-bond acceptors (Lipinski definition) is 3. The van der Waals surface area contributed by atoms with Crippen molar-refractivity contribution >= 4 is 11.6 Å². The third-order valence-electron chi connectivity index (χ3n) is 3.77. The van der Waals surface area contributed by atoms with Crippen molar-refractivity contribution in [3.05, 3.63) is 77.1 Å². The van der Waals surface area contributed by atoms with Crippen LogP contribution in [-0.4, -0.2) is 22.8 Å². The predicted molar refractivity (Wildman–Crippen MR) is 88.6 cm³/mol. The molecule has 0 bridgehead atoms. The van der Waals surface area contributed by atoms with E-state index in [1.807, 2.05) is 0 Å². The van der Waals surface area contributed by atoms with Crippen LogP contribution < -0.4 is 10.1 Å². The molecule has 0 fully saturated rings. The van der Waals surface area contributed by atoms with Gasteiger partial charge in [-0.2, -0.15) is 5.10 Å². The largest absolute Gasteiger partial charge is 0.497 e. The van der Waals surface area contributed by atoms with Gasteiger partial charge in [-0.3, -0.25) is 9.48 Å². The first-order valence-electron chi connectivity index (χ1n) is 7.68. The molecule has 2 aromatic carbocycles. The van der Waals surface area contributed by atoms with Gasteiger partial charge < -0.3 is 10.1 Å². The average Bonchev–Trinajstić information content (AvgIpc) is 3.10. The van der Waals surface area contributed by atoms with Gasteiger partial charge >= 0.3 is 0 Å². The number of hydrogen-bond donors (Lipinski definition) is 1. The molecule has 3 aromatic rings. The summed E-state index contributed by atoms with van der Waals surface area (Å²) in [6.07, 6.45) is 2.57. The van der Waals surface area contributed by atoms with Crippen LogP contribution in [0.5, 0.6) is 5.75 Å². The lowest BCUT2D eigenvalue weighted by Gasteiger charge is -2.07. The molecule has 0 spiro atoms. The van der Waals surface area contributed by atoms with Crippen LogP contribution in [0.4, 0.5) is 23.2 Å². The summed E-state index contributed by atoms with van der Waals surface area (Å²) < 4.78 is 59.8. The van der Waals surface area contributed by atoms with E-state index < -0.39 is 41.3 Å². The zero-order valence-electron chi connectivity index (χ0n) is 14.0. The van der Waals surface area contributed by atoms with Crippen molar-refractivity contribution in [3.63, 3.8) is 0 Å². The van der Waals surface area contributed by atoms with Crippen molar-refractivity contribution in [2.45, 2.75) is 6.54 Å². The van der Waals surface area contributed by atoms with E-state index in [-0.39, 0.29) is 11.8 Å². The van der Waals surface area contributed by atoms with Gasteiger partial charge in [-0.25, -0.2) is 17.6 Å². The molecule has 1 aromatic heterocycles. The molecule has 0 radical (unpaired) electrons. The van der Waals surface area contributed by atoms with E-state index in [1.54, 1.807) is 24.3 Å². The fourth-order valence-electron chi connectivity index (χ4n) is 2.37. The van der Waals surface area contributed by atoms with Crippen molar-refractivity contribution in [1.82, 2.24) is 9.78 Å². The van der Waals surface area contributed by atoms with Crippen molar-refractivity contribution in [2.75, 3.05) is 12.4 Å². The predicted octanol–water partition coefficient (Wildman–Crippen LogP) is 3.75. The van der Waals surface area contributed by atoms with Crippen molar-refractivity contribution in [3.8, 4) is 5.75 Å². The molecule has 1 N–H and O–H groups in total. The molecular formula is C18H13F4N3O2. The van der Waals surface area contributed by atoms with Gasteiger partial charge in [-0.15, -0.1) is 0 Å². The molecule has 1 heterocycles. The normalized spacial score (nSPS) is 10.7. The Morgan fingerprint density at radius 3 is 2.48 bits per heavy atom. The Bertz CT molecular complexity index is 987. The first-order chi connectivity index (χ1) is 12.9. The number of nitrogens with zero attached hydrogens (tertiary/aromatic N) is 2. The topological polar surface area (TPSA) is 56.1 Å². The van der Waals surface area contributed by atoms with Crippen molar-refractivity contribution in [2.24, 2.45) is 0 Å². The molecule has 9 heteroatoms. The summed E-state index contributed by atoms with van der Waals surface area (Å²) in [5.74, 6) is -6.05. The summed E-state index contributed by atoms with van der Waals surface area (Å²) in [6.45, 7) is -0.479. The summed E-state index contributed by atoms with van der Waals surface area (Å²) in [5.41, 5.74) is -0.0505. The van der Waals surface area contributed by atoms with Crippen LogP contribution in [0.25, 0.3) is 0 Å². The smallest absolute Gasteiger partial charge is 0.255 e. The van der Waals surface area contributed by atoms with Gasteiger partial charge in [0.25, 0.3) is 5.91 Å². The van der Waals surface area contributed by atoms with E-state index in [1.165, 1.54) is 19.5 Å². The van der Waals surface area contributed by atoms with Gasteiger partial charge in [0.05, 0.1) is 25.5 Å². The highest BCUT2D eigenvalue weighted by Gasteiger charge is 2.19. The molecule has 140 valence electrons. The monoisotopic (exact) mass is 379 g/mol. The van der Waals surface area contributed by atoms with E-state index >= 15 is 0 Å². The molecule has 0 saturated heterocycles. The number of carbonyl (C=O) groups excluding carboxylic acids is 1. The van der Waals surface area contributed by atoms with Crippen molar-refractivity contribution < 1.29 is 27.1 Å². The number of halogens is 4. The van der Waals surface area contributed by atoms with Gasteiger partial charge in [0, 0.05) is 23.4 Å². The maximum Gasteiger partial charge on any atom is 0.255 e. The van der Waals surface area contributed by atoms with Gasteiger partial charge in [0.2, 0.25) is 0 Å². The van der Waals surface area contributed by atoms with Gasteiger partial charge in [-0.05, 0) is 24.3 Å². The molecule has 3 rings (SSSR count). The molecule has 5 nitrogen and oxygen atoms in total. The average molecular weight is 379 g/mol. The minimum absolute atomic E-state index is 0.263. The fourth-order valence-corrected chi connectivity index (χ4v) is 2.37. The lowest BCUT2D eigenvalue weighted by molar-refractivity contribution is 0.102. The lowest BCUT2D eigenvalue weighted by Crippen LogP contribution is -2.11. The van der Waals surface area contributed by atoms with E-state index in [0.717, 1.165) is 4.68 Å². The summed E-state index contributed by atoms with van der Waals surface area (Å²) >= 11 is 0. The van der Waals surface area contributed by atoms with Crippen LogP contribution >= 0.6 is 0 Å². The number of amides is 1. The number of nitrogens with one attached hydrogen (secondary N) is 1. The Balaban J connectivity index is 1.73. The van der Waals surface area contributed by atoms with Crippen LogP contribution in [0.3, 0.4) is 0 Å². The molecule has 27 heavy (non-hydrogen) atoms. The summed E-state index contributed by atoms with van der Waals surface area (Å²) in [6, 6.07) is 6.62. The highest BCUT2D eigenvalue weighted by atomic mass is 19.2. The summed E-state index contributed by atoms with van der Waals surface area (Å²) in [4.78, 5) is 12.2. The molecule has 0 aliphatic rings. The van der Waals surface area contributed by atoms with Crippen molar-refractivity contribution in [1.29, 1.82) is 0 Å². The van der Waals surface area contributed by atoms with Crippen LogP contribution in [0.1, 0.15) is 15.9 Å². The quantitative estimate of drug-likeness (QED) is 0.417. The number of anilines is 1. The first kappa shape index (κ1) is 18.4. The number of aromatic nitrogens is 2. The van der Waals surface area contributed by atoms with Gasteiger partial charge in [0.1, 0.15) is 11.6 Å². The first-order valence-corrected chi connectivity index (χ1v) is 7.68. The minimum atomic E-state index is -1.76. The Morgan fingerprint density at radius 2 is 1.81 bits per heavy atom. The number of benzene rings is 2. The minimum Gasteiger partial charge on any atom is -0.497 e. The highest BCUT2D eigenvalue weighted by molar-refractivity contribution is 6.04. The zero-order valence-corrected chi connectivity index (χ0v) is 14.0. The summed E-state index contributed by atoms with van der Waals surface area (Å²) in [7, 11) is 1.50. The molecule has 0 saturated carbocycles. The van der Waals surface area contributed by atoms with E-state index in [2.05, 4.69) is 10.4 Å². The van der Waals surface area contributed by atoms with E-state index in [0.29, 0.717) is 11.3 Å². The van der Waals surface area contributed by atoms with Gasteiger partial charge in [0.15, 0.2) is 17.5 Å². The standard InChI is InChI=1S/C18H13F4N3O2/c1-27-12-4-2-10(3-5-12)18(26)24-11-7-23-25(8-11)9-13-14(19)6-15(20)17(22)16(13)21/h2-8H,9H2,1H3,(H,24,26). The van der Waals surface area contributed by atoms with Gasteiger partial charge in [-0.1, -0.05) is 0 Å². The van der Waals surface area contributed by atoms with Crippen LogP contribution in [0.2, 0.25) is 0 Å². The fraction of sp³-hybridized carbons (Fsp3) is 0.111. The number of ether oxygens (including phenoxy) is 1. The molecule has 0 aliphatic carbocycles. The maximum absolute atomic E-state index is 13.7. The summed E-state index contributed by atoms with van der Waals surface area (Å²) in [5, 5.41) is 6.42. The second kappa shape index (κ2) is 7.48. The number of carbonyl (C=O) groups is 1. The zero-order chi connectivity index (χ0) is 19.6. The highest BCUT2D eigenvalue weighted by Crippen LogP contribution is 2.20. The van der Waals surface area contributed by atoms with E-state index in [4.69, 9.17) is 4.74 Å². The lowest BCUT2D eigenvalue weighted by atomic mass is 10.2. The Labute approximate surface area is 151 Å².